The molecule has 0 radical (unpaired) electrons. The van der Waals surface area contributed by atoms with Crippen molar-refractivity contribution in [2.75, 3.05) is 27.4 Å². The summed E-state index contributed by atoms with van der Waals surface area (Å²) < 4.78 is 23.5. The number of nitrogens with zero attached hydrogens (tertiary/aromatic N) is 4. The van der Waals surface area contributed by atoms with E-state index < -0.39 is 11.6 Å². The van der Waals surface area contributed by atoms with Gasteiger partial charge in [-0.05, 0) is 52.6 Å². The molecule has 4 aromatic rings. The third-order valence-corrected chi connectivity index (χ3v) is 7.91. The highest BCUT2D eigenvalue weighted by atomic mass is 16.5. The van der Waals surface area contributed by atoms with E-state index in [4.69, 9.17) is 34.6 Å². The number of aliphatic hydroxyl groups excluding tert-OH is 1. The summed E-state index contributed by atoms with van der Waals surface area (Å²) in [5, 5.41) is 16.0. The van der Waals surface area contributed by atoms with Crippen LogP contribution >= 0.6 is 0 Å². The van der Waals surface area contributed by atoms with Crippen LogP contribution in [0.5, 0.6) is 17.2 Å². The predicted octanol–water partition coefficient (Wildman–Crippen LogP) is 6.09. The molecule has 1 aliphatic heterocycles. The van der Waals surface area contributed by atoms with E-state index in [1.165, 1.54) is 0 Å². The molecule has 0 aromatic heterocycles. The fraction of sp³-hybridized carbons (Fsp3) is 0.278. The number of rotatable bonds is 15. The molecule has 0 saturated heterocycles. The standard InChI is InChI=1S/C36H37N5O6/c1-44-31-15-8-13-28(32(31)45-2)23-38-35(43)36(22-25-10-4-3-5-11-25)33(30-14-7-6-12-27(30)24-39-41-37)47-34(40-36)26-16-18-29(19-17-26)46-21-9-20-42/h3-8,10-19,33,42H,9,20-24H2,1-2H3,(H,38,43)/t33-,36-/m1/s1. The molecule has 0 saturated carbocycles. The number of methoxy groups -OCH3 is 2. The maximum atomic E-state index is 14.7. The molecule has 242 valence electrons. The summed E-state index contributed by atoms with van der Waals surface area (Å²) >= 11 is 0. The molecule has 0 unspecified atom stereocenters. The summed E-state index contributed by atoms with van der Waals surface area (Å²) in [7, 11) is 3.12. The van der Waals surface area contributed by atoms with Crippen molar-refractivity contribution >= 4 is 11.8 Å². The summed E-state index contributed by atoms with van der Waals surface area (Å²) in [6.45, 7) is 0.649. The summed E-state index contributed by atoms with van der Waals surface area (Å²) in [4.78, 5) is 22.8. The van der Waals surface area contributed by atoms with Gasteiger partial charge in [-0.3, -0.25) is 4.79 Å². The Kier molecular flexibility index (Phi) is 11.0. The van der Waals surface area contributed by atoms with Gasteiger partial charge < -0.3 is 29.4 Å². The average Bonchev–Trinajstić information content (AvgIpc) is 3.50. The van der Waals surface area contributed by atoms with Gasteiger partial charge in [0.25, 0.3) is 5.91 Å². The molecular weight excluding hydrogens is 598 g/mol. The normalized spacial score (nSPS) is 16.7. The number of azide groups is 1. The van der Waals surface area contributed by atoms with Crippen LogP contribution in [0, 0.1) is 0 Å². The fourth-order valence-corrected chi connectivity index (χ4v) is 5.63. The van der Waals surface area contributed by atoms with Gasteiger partial charge >= 0.3 is 0 Å². The van der Waals surface area contributed by atoms with Gasteiger partial charge in [-0.2, -0.15) is 0 Å². The van der Waals surface area contributed by atoms with Crippen molar-refractivity contribution in [2.45, 2.75) is 37.6 Å². The zero-order valence-electron chi connectivity index (χ0n) is 26.3. The van der Waals surface area contributed by atoms with Crippen molar-refractivity contribution in [3.8, 4) is 17.2 Å². The lowest BCUT2D eigenvalue weighted by Crippen LogP contribution is -2.50. The lowest BCUT2D eigenvalue weighted by molar-refractivity contribution is -0.129. The molecule has 5 rings (SSSR count). The van der Waals surface area contributed by atoms with Crippen LogP contribution < -0.4 is 19.5 Å². The first-order valence-electron chi connectivity index (χ1n) is 15.2. The maximum absolute atomic E-state index is 14.7. The lowest BCUT2D eigenvalue weighted by Gasteiger charge is -2.32. The molecule has 0 aliphatic carbocycles. The van der Waals surface area contributed by atoms with Gasteiger partial charge in [0.05, 0.1) is 27.4 Å². The fourth-order valence-electron chi connectivity index (χ4n) is 5.63. The van der Waals surface area contributed by atoms with Gasteiger partial charge in [0.2, 0.25) is 5.90 Å². The number of amides is 1. The largest absolute Gasteiger partial charge is 0.494 e. The topological polar surface area (TPSA) is 147 Å². The molecule has 1 heterocycles. The molecule has 0 fully saturated rings. The van der Waals surface area contributed by atoms with Crippen LogP contribution in [0.15, 0.2) is 107 Å². The molecular formula is C36H37N5O6. The first-order chi connectivity index (χ1) is 23.0. The molecule has 1 aliphatic rings. The number of carbonyl (C=O) groups is 1. The second-order valence-electron chi connectivity index (χ2n) is 10.9. The first-order valence-corrected chi connectivity index (χ1v) is 15.2. The number of para-hydroxylation sites is 1. The van der Waals surface area contributed by atoms with Crippen molar-refractivity contribution in [2.24, 2.45) is 10.1 Å². The number of nitrogens with one attached hydrogen (secondary N) is 1. The lowest BCUT2D eigenvalue weighted by atomic mass is 9.80. The van der Waals surface area contributed by atoms with Gasteiger partial charge in [-0.1, -0.05) is 71.8 Å². The van der Waals surface area contributed by atoms with Crippen LogP contribution in [0.25, 0.3) is 10.4 Å². The second kappa shape index (κ2) is 15.7. The van der Waals surface area contributed by atoms with Crippen LogP contribution in [0.1, 0.15) is 40.3 Å². The Morgan fingerprint density at radius 1 is 0.979 bits per heavy atom. The van der Waals surface area contributed by atoms with Crippen molar-refractivity contribution in [3.05, 3.63) is 135 Å². The Bertz CT molecular complexity index is 1740. The molecule has 2 N–H and O–H groups in total. The molecule has 4 aromatic carbocycles. The minimum Gasteiger partial charge on any atom is -0.494 e. The van der Waals surface area contributed by atoms with Gasteiger partial charge in [-0.25, -0.2) is 4.99 Å². The van der Waals surface area contributed by atoms with E-state index in [1.54, 1.807) is 32.4 Å². The maximum Gasteiger partial charge on any atom is 0.252 e. The van der Waals surface area contributed by atoms with Crippen LogP contribution in [0.4, 0.5) is 0 Å². The summed E-state index contributed by atoms with van der Waals surface area (Å²) in [6.07, 6.45) is -0.121. The Balaban J connectivity index is 1.60. The van der Waals surface area contributed by atoms with Gasteiger partial charge in [0.1, 0.15) is 5.75 Å². The smallest absolute Gasteiger partial charge is 0.252 e. The van der Waals surface area contributed by atoms with E-state index in [1.807, 2.05) is 78.9 Å². The SMILES string of the molecule is COc1cccc(CNC(=O)[C@]2(Cc3ccccc3)N=C(c3ccc(OCCCO)cc3)O[C@@H]2c2ccccc2CN=[N+]=[N-])c1OC. The number of carbonyl (C=O) groups excluding carboxylic acids is 1. The number of ether oxygens (including phenoxy) is 4. The van der Waals surface area contributed by atoms with Crippen molar-refractivity contribution in [1.29, 1.82) is 0 Å². The van der Waals surface area contributed by atoms with Gasteiger partial charge in [0, 0.05) is 42.0 Å². The Hall–Kier alpha value is -5.51. The number of aliphatic hydroxyl groups is 1. The zero-order chi connectivity index (χ0) is 33.1. The van der Waals surface area contributed by atoms with E-state index in [2.05, 4.69) is 15.3 Å². The Morgan fingerprint density at radius 3 is 2.45 bits per heavy atom. The monoisotopic (exact) mass is 635 g/mol. The van der Waals surface area contributed by atoms with E-state index in [0.717, 1.165) is 16.7 Å². The van der Waals surface area contributed by atoms with Crippen molar-refractivity contribution < 1.29 is 28.8 Å². The summed E-state index contributed by atoms with van der Waals surface area (Å²) in [5.41, 5.74) is 11.3. The molecule has 0 bridgehead atoms. The summed E-state index contributed by atoms with van der Waals surface area (Å²) in [6, 6.07) is 29.9. The van der Waals surface area contributed by atoms with E-state index in [0.29, 0.717) is 47.3 Å². The van der Waals surface area contributed by atoms with Gasteiger partial charge in [0.15, 0.2) is 23.1 Å². The minimum atomic E-state index is -1.45. The van der Waals surface area contributed by atoms with E-state index >= 15 is 0 Å². The third kappa shape index (κ3) is 7.49. The van der Waals surface area contributed by atoms with Crippen molar-refractivity contribution in [3.63, 3.8) is 0 Å². The number of aliphatic imine (C=N–C) groups is 1. The highest BCUT2D eigenvalue weighted by molar-refractivity contribution is 6.01. The second-order valence-corrected chi connectivity index (χ2v) is 10.9. The zero-order valence-corrected chi connectivity index (χ0v) is 26.3. The quantitative estimate of drug-likeness (QED) is 0.0699. The summed E-state index contributed by atoms with van der Waals surface area (Å²) in [5.74, 6) is 1.65. The van der Waals surface area contributed by atoms with E-state index in [-0.39, 0.29) is 32.0 Å². The van der Waals surface area contributed by atoms with Crippen LogP contribution in [0.2, 0.25) is 0 Å². The molecule has 47 heavy (non-hydrogen) atoms. The number of hydrogen-bond acceptors (Lipinski definition) is 8. The molecule has 2 atom stereocenters. The highest BCUT2D eigenvalue weighted by Crippen LogP contribution is 2.44. The Morgan fingerprint density at radius 2 is 1.72 bits per heavy atom. The van der Waals surface area contributed by atoms with E-state index in [9.17, 15) is 4.79 Å². The van der Waals surface area contributed by atoms with Crippen LogP contribution in [-0.4, -0.2) is 49.9 Å². The average molecular weight is 636 g/mol. The predicted molar refractivity (Wildman–Crippen MR) is 178 cm³/mol. The number of benzene rings is 4. The third-order valence-electron chi connectivity index (χ3n) is 7.91. The number of hydrogen-bond donors (Lipinski definition) is 2. The molecule has 0 spiro atoms. The van der Waals surface area contributed by atoms with Crippen LogP contribution in [0.3, 0.4) is 0 Å². The first kappa shape index (κ1) is 32.9. The van der Waals surface area contributed by atoms with Crippen LogP contribution in [-0.2, 0) is 29.0 Å². The Labute approximate surface area is 273 Å². The molecule has 1 amide bonds. The molecule has 11 nitrogen and oxygen atoms in total. The minimum absolute atomic E-state index is 0.0431. The van der Waals surface area contributed by atoms with Crippen molar-refractivity contribution in [1.82, 2.24) is 5.32 Å². The highest BCUT2D eigenvalue weighted by Gasteiger charge is 2.53. The van der Waals surface area contributed by atoms with Gasteiger partial charge in [-0.15, -0.1) is 0 Å². The molecule has 11 heteroatoms.